The Balaban J connectivity index is 2.48. The van der Waals surface area contributed by atoms with Crippen LogP contribution in [0.1, 0.15) is 37.3 Å². The second-order valence-electron chi connectivity index (χ2n) is 3.73. The quantitative estimate of drug-likeness (QED) is 0.648. The third-order valence-corrected chi connectivity index (χ3v) is 2.84. The molecule has 0 aromatic heterocycles. The summed E-state index contributed by atoms with van der Waals surface area (Å²) >= 11 is 3.41. The van der Waals surface area contributed by atoms with Crippen LogP contribution >= 0.6 is 15.9 Å². The molecular formula is C14H19Br. The SMILES string of the molecule is CCCCc1ccc(C=CCCBr)cc1. The Bertz CT molecular complexity index is 285. The zero-order chi connectivity index (χ0) is 10.9. The van der Waals surface area contributed by atoms with E-state index in [9.17, 15) is 0 Å². The Hall–Kier alpha value is -0.560. The fraction of sp³-hybridized carbons (Fsp3) is 0.429. The van der Waals surface area contributed by atoms with Gasteiger partial charge >= 0.3 is 0 Å². The first-order valence-electron chi connectivity index (χ1n) is 5.68. The van der Waals surface area contributed by atoms with Gasteiger partial charge in [0.2, 0.25) is 0 Å². The van der Waals surface area contributed by atoms with Gasteiger partial charge in [-0.25, -0.2) is 0 Å². The van der Waals surface area contributed by atoms with Crippen molar-refractivity contribution in [1.29, 1.82) is 0 Å². The van der Waals surface area contributed by atoms with Crippen LogP contribution < -0.4 is 0 Å². The van der Waals surface area contributed by atoms with E-state index >= 15 is 0 Å². The van der Waals surface area contributed by atoms with Crippen molar-refractivity contribution in [2.45, 2.75) is 32.6 Å². The summed E-state index contributed by atoms with van der Waals surface area (Å²) in [6.07, 6.45) is 9.26. The zero-order valence-corrected chi connectivity index (χ0v) is 11.0. The zero-order valence-electron chi connectivity index (χ0n) is 9.38. The standard InChI is InChI=1S/C14H19Br/c1-2-3-6-13-8-10-14(11-9-13)7-4-5-12-15/h4,7-11H,2-3,5-6,12H2,1H3. The first-order valence-corrected chi connectivity index (χ1v) is 6.80. The molecule has 0 amide bonds. The van der Waals surface area contributed by atoms with Crippen LogP contribution in [-0.2, 0) is 6.42 Å². The summed E-state index contributed by atoms with van der Waals surface area (Å²) in [5.41, 5.74) is 2.76. The van der Waals surface area contributed by atoms with E-state index in [1.165, 1.54) is 30.4 Å². The first kappa shape index (κ1) is 12.5. The fourth-order valence-corrected chi connectivity index (χ4v) is 1.72. The molecule has 1 aromatic rings. The van der Waals surface area contributed by atoms with Gasteiger partial charge in [0.15, 0.2) is 0 Å². The van der Waals surface area contributed by atoms with Gasteiger partial charge < -0.3 is 0 Å². The predicted octanol–water partition coefficient (Wildman–Crippen LogP) is 4.83. The predicted molar refractivity (Wildman–Crippen MR) is 72.5 cm³/mol. The van der Waals surface area contributed by atoms with Crippen molar-refractivity contribution in [2.24, 2.45) is 0 Å². The van der Waals surface area contributed by atoms with Gasteiger partial charge in [0, 0.05) is 5.33 Å². The Labute approximate surface area is 102 Å². The molecule has 0 aliphatic heterocycles. The lowest BCUT2D eigenvalue weighted by molar-refractivity contribution is 0.795. The monoisotopic (exact) mass is 266 g/mol. The number of halogens is 1. The maximum atomic E-state index is 3.41. The van der Waals surface area contributed by atoms with Crippen molar-refractivity contribution >= 4 is 22.0 Å². The van der Waals surface area contributed by atoms with Crippen LogP contribution in [0.15, 0.2) is 30.3 Å². The average Bonchev–Trinajstić information content (AvgIpc) is 2.28. The summed E-state index contributed by atoms with van der Waals surface area (Å²) in [5, 5.41) is 1.04. The van der Waals surface area contributed by atoms with Gasteiger partial charge in [-0.1, -0.05) is 65.7 Å². The molecule has 1 heteroatoms. The molecule has 0 heterocycles. The summed E-state index contributed by atoms with van der Waals surface area (Å²) in [7, 11) is 0. The highest BCUT2D eigenvalue weighted by Crippen LogP contribution is 2.09. The number of allylic oxidation sites excluding steroid dienone is 1. The molecule has 0 atom stereocenters. The largest absolute Gasteiger partial charge is 0.0925 e. The van der Waals surface area contributed by atoms with Crippen LogP contribution in [0, 0.1) is 0 Å². The maximum absolute atomic E-state index is 3.41. The second-order valence-corrected chi connectivity index (χ2v) is 4.52. The Morgan fingerprint density at radius 1 is 1.20 bits per heavy atom. The third kappa shape index (κ3) is 5.17. The number of aryl methyl sites for hydroxylation is 1. The van der Waals surface area contributed by atoms with Crippen LogP contribution in [0.4, 0.5) is 0 Å². The summed E-state index contributed by atoms with van der Waals surface area (Å²) in [4.78, 5) is 0. The van der Waals surface area contributed by atoms with Crippen LogP contribution in [0.25, 0.3) is 6.08 Å². The van der Waals surface area contributed by atoms with Crippen molar-refractivity contribution in [2.75, 3.05) is 5.33 Å². The summed E-state index contributed by atoms with van der Waals surface area (Å²) in [6, 6.07) is 8.89. The van der Waals surface area contributed by atoms with Gasteiger partial charge in [-0.15, -0.1) is 0 Å². The van der Waals surface area contributed by atoms with Gasteiger partial charge in [-0.05, 0) is 30.4 Å². The van der Waals surface area contributed by atoms with E-state index in [0.717, 1.165) is 11.8 Å². The number of benzene rings is 1. The van der Waals surface area contributed by atoms with Crippen LogP contribution in [0.5, 0.6) is 0 Å². The molecule has 0 N–H and O–H groups in total. The van der Waals surface area contributed by atoms with Crippen molar-refractivity contribution in [3.63, 3.8) is 0 Å². The average molecular weight is 267 g/mol. The molecular weight excluding hydrogens is 248 g/mol. The van der Waals surface area contributed by atoms with E-state index in [1.54, 1.807) is 0 Å². The van der Waals surface area contributed by atoms with Gasteiger partial charge in [0.1, 0.15) is 0 Å². The minimum Gasteiger partial charge on any atom is -0.0925 e. The Morgan fingerprint density at radius 2 is 1.93 bits per heavy atom. The van der Waals surface area contributed by atoms with E-state index in [2.05, 4.69) is 59.3 Å². The van der Waals surface area contributed by atoms with Crippen LogP contribution in [-0.4, -0.2) is 5.33 Å². The molecule has 0 fully saturated rings. The first-order chi connectivity index (χ1) is 7.36. The molecule has 0 aliphatic rings. The van der Waals surface area contributed by atoms with Gasteiger partial charge in [-0.2, -0.15) is 0 Å². The van der Waals surface area contributed by atoms with Gasteiger partial charge in [0.25, 0.3) is 0 Å². The number of hydrogen-bond acceptors (Lipinski definition) is 0. The molecule has 15 heavy (non-hydrogen) atoms. The Morgan fingerprint density at radius 3 is 2.53 bits per heavy atom. The van der Waals surface area contributed by atoms with Gasteiger partial charge in [-0.3, -0.25) is 0 Å². The highest BCUT2D eigenvalue weighted by atomic mass is 79.9. The molecule has 82 valence electrons. The minimum atomic E-state index is 1.04. The molecule has 0 aliphatic carbocycles. The normalized spacial score (nSPS) is 11.1. The van der Waals surface area contributed by atoms with E-state index in [1.807, 2.05) is 0 Å². The molecule has 0 saturated heterocycles. The molecule has 1 aromatic carbocycles. The fourth-order valence-electron chi connectivity index (χ4n) is 1.46. The van der Waals surface area contributed by atoms with E-state index in [0.29, 0.717) is 0 Å². The van der Waals surface area contributed by atoms with Crippen molar-refractivity contribution in [1.82, 2.24) is 0 Å². The molecule has 0 saturated carbocycles. The molecule has 0 radical (unpaired) electrons. The number of alkyl halides is 1. The molecule has 0 nitrogen and oxygen atoms in total. The second kappa shape index (κ2) is 7.70. The van der Waals surface area contributed by atoms with E-state index in [4.69, 9.17) is 0 Å². The molecule has 0 bridgehead atoms. The highest BCUT2D eigenvalue weighted by molar-refractivity contribution is 9.09. The van der Waals surface area contributed by atoms with Crippen molar-refractivity contribution in [3.05, 3.63) is 41.5 Å². The summed E-state index contributed by atoms with van der Waals surface area (Å²) in [6.45, 7) is 2.23. The number of rotatable bonds is 6. The third-order valence-electron chi connectivity index (χ3n) is 2.38. The number of unbranched alkanes of at least 4 members (excludes halogenated alkanes) is 1. The summed E-state index contributed by atoms with van der Waals surface area (Å²) < 4.78 is 0. The maximum Gasteiger partial charge on any atom is 0.00660 e. The topological polar surface area (TPSA) is 0 Å². The highest BCUT2D eigenvalue weighted by Gasteiger charge is 1.91. The van der Waals surface area contributed by atoms with E-state index < -0.39 is 0 Å². The summed E-state index contributed by atoms with van der Waals surface area (Å²) in [5.74, 6) is 0. The van der Waals surface area contributed by atoms with Crippen molar-refractivity contribution in [3.8, 4) is 0 Å². The smallest absolute Gasteiger partial charge is 0.00660 e. The van der Waals surface area contributed by atoms with E-state index in [-0.39, 0.29) is 0 Å². The molecule has 0 unspecified atom stereocenters. The number of hydrogen-bond donors (Lipinski definition) is 0. The lowest BCUT2D eigenvalue weighted by Crippen LogP contribution is -1.84. The molecule has 0 spiro atoms. The lowest BCUT2D eigenvalue weighted by atomic mass is 10.1. The van der Waals surface area contributed by atoms with Gasteiger partial charge in [0.05, 0.1) is 0 Å². The molecule has 1 rings (SSSR count). The Kier molecular flexibility index (Phi) is 6.42. The lowest BCUT2D eigenvalue weighted by Gasteiger charge is -2.00. The van der Waals surface area contributed by atoms with Crippen LogP contribution in [0.3, 0.4) is 0 Å². The minimum absolute atomic E-state index is 1.04. The van der Waals surface area contributed by atoms with Crippen molar-refractivity contribution < 1.29 is 0 Å². The van der Waals surface area contributed by atoms with Crippen LogP contribution in [0.2, 0.25) is 0 Å².